The predicted octanol–water partition coefficient (Wildman–Crippen LogP) is -2.08. The molecule has 0 aliphatic carbocycles. The summed E-state index contributed by atoms with van der Waals surface area (Å²) in [6, 6.07) is 24.1. The van der Waals surface area contributed by atoms with Gasteiger partial charge in [-0.05, 0) is 109 Å². The summed E-state index contributed by atoms with van der Waals surface area (Å²) in [5.74, 6) is -1.19. The summed E-state index contributed by atoms with van der Waals surface area (Å²) in [4.78, 5) is 11.6. The van der Waals surface area contributed by atoms with Crippen molar-refractivity contribution in [3.63, 3.8) is 0 Å². The van der Waals surface area contributed by atoms with Crippen molar-refractivity contribution in [3.8, 4) is 0 Å². The van der Waals surface area contributed by atoms with Gasteiger partial charge in [0.2, 0.25) is 11.4 Å². The Morgan fingerprint density at radius 1 is 0.627 bits per heavy atom. The van der Waals surface area contributed by atoms with Crippen LogP contribution in [0.25, 0.3) is 5.57 Å². The van der Waals surface area contributed by atoms with Gasteiger partial charge < -0.3 is 19.1 Å². The van der Waals surface area contributed by atoms with E-state index in [4.69, 9.17) is 0 Å². The van der Waals surface area contributed by atoms with E-state index in [1.807, 2.05) is 0 Å². The molecule has 2 aliphatic heterocycles. The number of anilines is 2. The molecule has 0 bridgehead atoms. The van der Waals surface area contributed by atoms with Crippen molar-refractivity contribution in [1.29, 1.82) is 0 Å². The van der Waals surface area contributed by atoms with Crippen LogP contribution in [0.3, 0.4) is 0 Å². The summed E-state index contributed by atoms with van der Waals surface area (Å²) in [5, 5.41) is 9.68. The number of benzene rings is 5. The van der Waals surface area contributed by atoms with Crippen LogP contribution in [0.15, 0.2) is 159 Å². The maximum Gasteiger partial charge on any atom is 1.00 e. The van der Waals surface area contributed by atoms with E-state index >= 15 is 0 Å². The van der Waals surface area contributed by atoms with E-state index in [-0.39, 0.29) is 106 Å². The molecule has 0 saturated heterocycles. The molecule has 0 radical (unpaired) electrons. The summed E-state index contributed by atoms with van der Waals surface area (Å²) >= 11 is 0. The van der Waals surface area contributed by atoms with Crippen molar-refractivity contribution in [3.05, 3.63) is 161 Å². The topological polar surface area (TPSA) is 267 Å². The second-order valence-corrected chi connectivity index (χ2v) is 21.5. The fourth-order valence-corrected chi connectivity index (χ4v) is 9.94. The Bertz CT molecular complexity index is 3420. The van der Waals surface area contributed by atoms with Gasteiger partial charge in [0.05, 0.1) is 31.4 Å². The Balaban J connectivity index is 0.00000327. The largest absolute Gasteiger partial charge is 1.00 e. The molecule has 0 amide bonds. The minimum Gasteiger partial charge on any atom is -0.744 e. The van der Waals surface area contributed by atoms with Gasteiger partial charge in [0.15, 0.2) is 5.71 Å². The minimum atomic E-state index is -4.92. The predicted molar refractivity (Wildman–Crippen MR) is 235 cm³/mol. The molecule has 0 atom stereocenters. The maximum atomic E-state index is 12.3. The molecule has 23 heteroatoms. The summed E-state index contributed by atoms with van der Waals surface area (Å²) in [6.07, 6.45) is 6.63. The van der Waals surface area contributed by atoms with Crippen LogP contribution in [-0.4, -0.2) is 68.7 Å². The van der Waals surface area contributed by atoms with Crippen LogP contribution in [0.4, 0.5) is 22.7 Å². The number of nitrogens with zero attached hydrogens (tertiary/aromatic N) is 2. The van der Waals surface area contributed by atoms with E-state index in [2.05, 4.69) is 0 Å². The number of hydrogen-bond donors (Lipinski definition) is 3. The Morgan fingerprint density at radius 2 is 1.15 bits per heavy atom. The van der Waals surface area contributed by atoms with Crippen molar-refractivity contribution in [2.24, 2.45) is 0 Å². The second-order valence-electron chi connectivity index (χ2n) is 15.9. The van der Waals surface area contributed by atoms with Crippen molar-refractivity contribution in [1.82, 2.24) is 4.58 Å². The standard InChI is InChI=1S/C44H38N2O14S4.3Na/c1-43(2)36-25-34(63(55,56)57)17-19-38(36)45(30-7-5-9-32(23-30)61(49,50)51)40(43)21-15-28(27-11-13-29(14-12-27)42(47)48)16-22-41-44(3,4)37-26-35(64(58,59)60)18-20-39(37)46(41)31-8-6-10-33(24-31)62(52,53)54;;;/h5-26H,1-4H3,(H4-,47,48,49,50,51,52,53,54,55,56,57,58,59,60);;;/q;3*+1/p-1. The molecule has 0 aromatic heterocycles. The summed E-state index contributed by atoms with van der Waals surface area (Å²) in [5.41, 5.74) is 1.55. The van der Waals surface area contributed by atoms with E-state index in [1.54, 1.807) is 85.7 Å². The van der Waals surface area contributed by atoms with Crippen LogP contribution >= 0.6 is 0 Å². The third-order valence-electron chi connectivity index (χ3n) is 11.2. The zero-order valence-corrected chi connectivity index (χ0v) is 46.3. The molecule has 16 nitrogen and oxygen atoms in total. The average molecular weight is 1020 g/mol. The monoisotopic (exact) mass is 1010 g/mol. The number of aromatic carboxylic acids is 1. The Kier molecular flexibility index (Phi) is 17.1. The number of carbonyl (C=O) groups is 1. The average Bonchev–Trinajstić information content (AvgIpc) is 3.57. The van der Waals surface area contributed by atoms with E-state index in [9.17, 15) is 61.8 Å². The molecule has 0 spiro atoms. The molecule has 332 valence electrons. The molecule has 3 N–H and O–H groups in total. The molecule has 0 fully saturated rings. The van der Waals surface area contributed by atoms with Crippen LogP contribution < -0.4 is 98.1 Å². The normalized spacial score (nSPS) is 16.2. The molecule has 5 aromatic rings. The number of carboxylic acid groups (broad SMARTS) is 1. The first-order chi connectivity index (χ1) is 29.6. The van der Waals surface area contributed by atoms with E-state index < -0.39 is 76.9 Å². The van der Waals surface area contributed by atoms with Gasteiger partial charge >= 0.3 is 94.6 Å². The second kappa shape index (κ2) is 20.3. The summed E-state index contributed by atoms with van der Waals surface area (Å²) in [7, 11) is -19.2. The summed E-state index contributed by atoms with van der Waals surface area (Å²) < 4.78 is 144. The first-order valence-electron chi connectivity index (χ1n) is 18.9. The van der Waals surface area contributed by atoms with E-state index in [0.717, 1.165) is 12.1 Å². The maximum absolute atomic E-state index is 12.3. The first kappa shape index (κ1) is 56.5. The zero-order chi connectivity index (χ0) is 46.9. The molecule has 7 rings (SSSR count). The van der Waals surface area contributed by atoms with Crippen LogP contribution in [0.1, 0.15) is 54.7 Å². The van der Waals surface area contributed by atoms with Gasteiger partial charge in [-0.1, -0.05) is 44.2 Å². The van der Waals surface area contributed by atoms with Gasteiger partial charge in [-0.2, -0.15) is 21.4 Å². The van der Waals surface area contributed by atoms with Gasteiger partial charge in [0.25, 0.3) is 20.2 Å². The van der Waals surface area contributed by atoms with Gasteiger partial charge in [-0.25, -0.2) is 21.6 Å². The number of hydrogen-bond acceptors (Lipinski definition) is 12. The molecule has 2 aliphatic rings. The van der Waals surface area contributed by atoms with Crippen LogP contribution in [0.5, 0.6) is 0 Å². The molecule has 5 aromatic carbocycles. The molecule has 2 heterocycles. The van der Waals surface area contributed by atoms with Gasteiger partial charge in [0.1, 0.15) is 25.1 Å². The molecular formula is C44H37N2Na3O14S4+2. The van der Waals surface area contributed by atoms with Gasteiger partial charge in [-0.15, -0.1) is 0 Å². The van der Waals surface area contributed by atoms with Gasteiger partial charge in [0, 0.05) is 46.6 Å². The number of carboxylic acids is 1. The number of fused-ring (bicyclic) bond motifs is 2. The quantitative estimate of drug-likeness (QED) is 0.0555. The van der Waals surface area contributed by atoms with Crippen LogP contribution in [0.2, 0.25) is 0 Å². The van der Waals surface area contributed by atoms with Crippen molar-refractivity contribution in [2.75, 3.05) is 4.90 Å². The molecule has 0 saturated carbocycles. The van der Waals surface area contributed by atoms with E-state index in [1.165, 1.54) is 72.8 Å². The Hall–Kier alpha value is -3.10. The SMILES string of the molecule is CC1(C)C(/C=C/C(=C/C=C2/N(c3cccc(S(=O)(=O)O)c3)c3ccc(S(=O)(=O)[O-])cc3C2(C)C)c2ccc(C(=O)O)cc2)=[N+](c2cccc(S(=O)(=O)O)c2)c2ccc(S(=O)(=O)[O-])cc21.[Na+].[Na+].[Na+]. The van der Waals surface area contributed by atoms with E-state index in [0.29, 0.717) is 45.0 Å². The fraction of sp³-hybridized carbons (Fsp3) is 0.136. The zero-order valence-electron chi connectivity index (χ0n) is 37.1. The number of rotatable bonds is 11. The van der Waals surface area contributed by atoms with Crippen LogP contribution in [0, 0.1) is 0 Å². The Morgan fingerprint density at radius 3 is 1.70 bits per heavy atom. The first-order valence-corrected chi connectivity index (χ1v) is 24.6. The molecule has 67 heavy (non-hydrogen) atoms. The Labute approximate surface area is 454 Å². The fourth-order valence-electron chi connectivity index (χ4n) is 7.91. The third-order valence-corrected chi connectivity index (χ3v) is 14.5. The van der Waals surface area contributed by atoms with Crippen LogP contribution in [-0.2, 0) is 51.3 Å². The third kappa shape index (κ3) is 11.4. The smallest absolute Gasteiger partial charge is 0.744 e. The van der Waals surface area contributed by atoms with Crippen molar-refractivity contribution >= 4 is 80.5 Å². The molecule has 0 unspecified atom stereocenters. The number of allylic oxidation sites excluding steroid dienone is 6. The minimum absolute atomic E-state index is 0. The van der Waals surface area contributed by atoms with Crippen molar-refractivity contribution in [2.45, 2.75) is 58.1 Å². The van der Waals surface area contributed by atoms with Gasteiger partial charge in [-0.3, -0.25) is 9.11 Å². The summed E-state index contributed by atoms with van der Waals surface area (Å²) in [6.45, 7) is 7.00. The molecular weight excluding hydrogens is 978 g/mol. The van der Waals surface area contributed by atoms with Crippen molar-refractivity contribution < 1.29 is 150 Å².